The van der Waals surface area contributed by atoms with Crippen LogP contribution >= 0.6 is 23.2 Å². The molecule has 1 aliphatic rings. The molecule has 1 aromatic rings. The molecule has 6 nitrogen and oxygen atoms in total. The first-order valence-corrected chi connectivity index (χ1v) is 5.89. The van der Waals surface area contributed by atoms with Crippen LogP contribution in [0.2, 0.25) is 10.6 Å². The van der Waals surface area contributed by atoms with Crippen LogP contribution < -0.4 is 10.2 Å². The van der Waals surface area contributed by atoms with Gasteiger partial charge in [-0.2, -0.15) is 15.0 Å². The molecule has 1 saturated heterocycles. The summed E-state index contributed by atoms with van der Waals surface area (Å²) < 4.78 is 0. The lowest BCUT2D eigenvalue weighted by Crippen LogP contribution is -2.35. The summed E-state index contributed by atoms with van der Waals surface area (Å²) in [6.45, 7) is 2.90. The van der Waals surface area contributed by atoms with E-state index < -0.39 is 0 Å². The molecule has 0 aliphatic carbocycles. The highest BCUT2D eigenvalue weighted by Gasteiger charge is 2.25. The SMILES string of the molecule is CC(=O)NC1CCN(c2nc(Cl)nc(Cl)n2)C1. The second kappa shape index (κ2) is 5.01. The number of nitrogens with zero attached hydrogens (tertiary/aromatic N) is 4. The molecule has 1 unspecified atom stereocenters. The number of carbonyl (C=O) groups excluding carboxylic acids is 1. The number of halogens is 2. The van der Waals surface area contributed by atoms with Crippen molar-refractivity contribution in [3.63, 3.8) is 0 Å². The zero-order valence-electron chi connectivity index (χ0n) is 9.15. The van der Waals surface area contributed by atoms with Crippen molar-refractivity contribution in [3.05, 3.63) is 10.6 Å². The summed E-state index contributed by atoms with van der Waals surface area (Å²) in [6.07, 6.45) is 0.848. The van der Waals surface area contributed by atoms with Gasteiger partial charge in [-0.3, -0.25) is 4.79 Å². The standard InChI is InChI=1S/C9H11Cl2N5O/c1-5(17)12-6-2-3-16(4-6)9-14-7(10)13-8(11)15-9/h6H,2-4H2,1H3,(H,12,17). The number of carbonyl (C=O) groups is 1. The van der Waals surface area contributed by atoms with Gasteiger partial charge in [0, 0.05) is 26.1 Å². The number of anilines is 1. The van der Waals surface area contributed by atoms with Gasteiger partial charge in [-0.25, -0.2) is 0 Å². The Morgan fingerprint density at radius 3 is 2.59 bits per heavy atom. The van der Waals surface area contributed by atoms with Crippen molar-refractivity contribution >= 4 is 35.1 Å². The van der Waals surface area contributed by atoms with Crippen LogP contribution in [0.5, 0.6) is 0 Å². The molecule has 2 heterocycles. The maximum atomic E-state index is 10.9. The molecule has 2 rings (SSSR count). The third-order valence-electron chi connectivity index (χ3n) is 2.45. The predicted octanol–water partition coefficient (Wildman–Crippen LogP) is 0.893. The number of amides is 1. The van der Waals surface area contributed by atoms with Crippen molar-refractivity contribution < 1.29 is 4.79 Å². The smallest absolute Gasteiger partial charge is 0.231 e. The first kappa shape index (κ1) is 12.3. The van der Waals surface area contributed by atoms with Crippen LogP contribution in [0.4, 0.5) is 5.95 Å². The molecule has 1 aliphatic heterocycles. The summed E-state index contributed by atoms with van der Waals surface area (Å²) in [5.74, 6) is 0.409. The van der Waals surface area contributed by atoms with E-state index in [0.717, 1.165) is 13.0 Å². The average Bonchev–Trinajstić information content (AvgIpc) is 2.63. The quantitative estimate of drug-likeness (QED) is 0.868. The first-order chi connectivity index (χ1) is 8.04. The van der Waals surface area contributed by atoms with Gasteiger partial charge in [0.15, 0.2) is 0 Å². The van der Waals surface area contributed by atoms with Gasteiger partial charge in [0.2, 0.25) is 22.4 Å². The molecule has 1 aromatic heterocycles. The summed E-state index contributed by atoms with van der Waals surface area (Å²) in [5.41, 5.74) is 0. The van der Waals surface area contributed by atoms with Gasteiger partial charge >= 0.3 is 0 Å². The largest absolute Gasteiger partial charge is 0.352 e. The molecule has 0 radical (unpaired) electrons. The van der Waals surface area contributed by atoms with Gasteiger partial charge in [0.05, 0.1) is 0 Å². The fraction of sp³-hybridized carbons (Fsp3) is 0.556. The van der Waals surface area contributed by atoms with Gasteiger partial charge in [-0.1, -0.05) is 0 Å². The van der Waals surface area contributed by atoms with E-state index in [1.165, 1.54) is 6.92 Å². The van der Waals surface area contributed by atoms with Crippen LogP contribution in [0, 0.1) is 0 Å². The lowest BCUT2D eigenvalue weighted by Gasteiger charge is -2.16. The Balaban J connectivity index is 2.07. The Kier molecular flexibility index (Phi) is 3.63. The number of hydrogen-bond acceptors (Lipinski definition) is 5. The topological polar surface area (TPSA) is 71.0 Å². The van der Waals surface area contributed by atoms with Crippen LogP contribution in [0.25, 0.3) is 0 Å². The normalized spacial score (nSPS) is 19.5. The van der Waals surface area contributed by atoms with Gasteiger partial charge in [-0.05, 0) is 29.6 Å². The highest BCUT2D eigenvalue weighted by molar-refractivity contribution is 6.31. The van der Waals surface area contributed by atoms with Crippen LogP contribution in [-0.4, -0.2) is 40.0 Å². The van der Waals surface area contributed by atoms with Crippen molar-refractivity contribution in [2.75, 3.05) is 18.0 Å². The minimum absolute atomic E-state index is 0.0384. The molecule has 0 spiro atoms. The molecule has 0 bridgehead atoms. The Bertz CT molecular complexity index is 421. The Hall–Kier alpha value is -1.14. The second-order valence-corrected chi connectivity index (χ2v) is 4.48. The Labute approximate surface area is 108 Å². The van der Waals surface area contributed by atoms with E-state index in [1.54, 1.807) is 0 Å². The number of hydrogen-bond donors (Lipinski definition) is 1. The predicted molar refractivity (Wildman–Crippen MR) is 64.3 cm³/mol. The molecule has 8 heteroatoms. The fourth-order valence-electron chi connectivity index (χ4n) is 1.80. The third kappa shape index (κ3) is 3.17. The number of rotatable bonds is 2. The number of aromatic nitrogens is 3. The summed E-state index contributed by atoms with van der Waals surface area (Å²) in [4.78, 5) is 24.5. The summed E-state index contributed by atoms with van der Waals surface area (Å²) in [7, 11) is 0. The molecule has 92 valence electrons. The van der Waals surface area contributed by atoms with E-state index in [9.17, 15) is 4.79 Å². The minimum Gasteiger partial charge on any atom is -0.352 e. The van der Waals surface area contributed by atoms with E-state index >= 15 is 0 Å². The zero-order chi connectivity index (χ0) is 12.4. The Morgan fingerprint density at radius 1 is 1.35 bits per heavy atom. The van der Waals surface area contributed by atoms with Crippen LogP contribution in [0.3, 0.4) is 0 Å². The van der Waals surface area contributed by atoms with Crippen LogP contribution in [0.1, 0.15) is 13.3 Å². The van der Waals surface area contributed by atoms with Crippen molar-refractivity contribution in [3.8, 4) is 0 Å². The highest BCUT2D eigenvalue weighted by Crippen LogP contribution is 2.18. The van der Waals surface area contributed by atoms with Crippen molar-refractivity contribution in [2.45, 2.75) is 19.4 Å². The Morgan fingerprint density at radius 2 is 2.00 bits per heavy atom. The molecular formula is C9H11Cl2N5O. The van der Waals surface area contributed by atoms with Gasteiger partial charge in [0.25, 0.3) is 0 Å². The molecular weight excluding hydrogens is 265 g/mol. The molecule has 17 heavy (non-hydrogen) atoms. The zero-order valence-corrected chi connectivity index (χ0v) is 10.7. The second-order valence-electron chi connectivity index (χ2n) is 3.81. The minimum atomic E-state index is -0.0384. The first-order valence-electron chi connectivity index (χ1n) is 5.13. The lowest BCUT2D eigenvalue weighted by atomic mass is 10.3. The third-order valence-corrected chi connectivity index (χ3v) is 2.79. The van der Waals surface area contributed by atoms with Gasteiger partial charge in [0.1, 0.15) is 0 Å². The molecule has 1 amide bonds. The van der Waals surface area contributed by atoms with Crippen molar-refractivity contribution in [2.24, 2.45) is 0 Å². The lowest BCUT2D eigenvalue weighted by molar-refractivity contribution is -0.119. The monoisotopic (exact) mass is 275 g/mol. The fourth-order valence-corrected chi connectivity index (χ4v) is 2.16. The van der Waals surface area contributed by atoms with E-state index in [-0.39, 0.29) is 22.5 Å². The number of nitrogens with one attached hydrogen (secondary N) is 1. The summed E-state index contributed by atoms with van der Waals surface area (Å²) in [5, 5.41) is 3.00. The van der Waals surface area contributed by atoms with Gasteiger partial charge < -0.3 is 10.2 Å². The van der Waals surface area contributed by atoms with Crippen LogP contribution in [-0.2, 0) is 4.79 Å². The van der Waals surface area contributed by atoms with E-state index in [0.29, 0.717) is 12.5 Å². The molecule has 1 atom stereocenters. The van der Waals surface area contributed by atoms with E-state index in [2.05, 4.69) is 20.3 Å². The highest BCUT2D eigenvalue weighted by atomic mass is 35.5. The summed E-state index contributed by atoms with van der Waals surface area (Å²) in [6, 6.07) is 0.113. The molecule has 0 aromatic carbocycles. The maximum absolute atomic E-state index is 10.9. The molecule has 1 N–H and O–H groups in total. The van der Waals surface area contributed by atoms with Crippen molar-refractivity contribution in [1.29, 1.82) is 0 Å². The molecule has 0 saturated carbocycles. The molecule has 1 fully saturated rings. The van der Waals surface area contributed by atoms with Gasteiger partial charge in [-0.15, -0.1) is 0 Å². The maximum Gasteiger partial charge on any atom is 0.231 e. The average molecular weight is 276 g/mol. The van der Waals surface area contributed by atoms with E-state index in [1.807, 2.05) is 4.90 Å². The summed E-state index contributed by atoms with van der Waals surface area (Å²) >= 11 is 11.4. The van der Waals surface area contributed by atoms with Crippen LogP contribution in [0.15, 0.2) is 0 Å². The van der Waals surface area contributed by atoms with E-state index in [4.69, 9.17) is 23.2 Å². The van der Waals surface area contributed by atoms with Crippen molar-refractivity contribution in [1.82, 2.24) is 20.3 Å².